The fraction of sp³-hybridized carbons (Fsp3) is 0.158. The molecule has 0 bridgehead atoms. The SMILES string of the molecule is O=C([O-])c1ccc[n+](-c2nc(Nc3cc4c(O)c(N=Nc5ccc(C(=O)Nc6ccc(S(=O)(=O)CCOS(=O)(=O)[O-])cc6)cc5)c(SOO[O-])cc4cc3S(=O)(=O)[O-])nc(N3CCOCC3)n2)c1.[Na+].[Na+].[Na+]. The van der Waals surface area contributed by atoms with E-state index in [9.17, 15) is 59.4 Å². The number of carbonyl (C=O) groups is 2. The zero-order valence-electron chi connectivity index (χ0n) is 37.1. The number of anilines is 4. The number of phenolic OH excluding ortho intramolecular Hbond substituents is 1. The molecule has 0 atom stereocenters. The van der Waals surface area contributed by atoms with Crippen LogP contribution in [0.3, 0.4) is 0 Å². The van der Waals surface area contributed by atoms with Gasteiger partial charge in [-0.25, -0.2) is 29.8 Å². The van der Waals surface area contributed by atoms with E-state index < -0.39 is 70.9 Å². The maximum atomic E-state index is 13.0. The molecular weight excluding hydrogens is 1050 g/mol. The number of aromatic hydroxyl groups is 1. The minimum atomic E-state index is -5.30. The number of nitrogens with zero attached hydrogens (tertiary/aromatic N) is 7. The van der Waals surface area contributed by atoms with Crippen LogP contribution in [0.4, 0.5) is 34.6 Å². The van der Waals surface area contributed by atoms with Crippen LogP contribution in [-0.2, 0) is 48.6 Å². The summed E-state index contributed by atoms with van der Waals surface area (Å²) >= 11 is 0.262. The maximum Gasteiger partial charge on any atom is 1.00 e. The number of hydrogen-bond acceptors (Lipinski definition) is 25. The van der Waals surface area contributed by atoms with E-state index in [1.807, 2.05) is 0 Å². The average Bonchev–Trinajstić information content (AvgIpc) is 3.30. The molecule has 33 heteroatoms. The molecule has 1 saturated heterocycles. The number of sulfone groups is 1. The summed E-state index contributed by atoms with van der Waals surface area (Å²) < 4.78 is 110. The summed E-state index contributed by atoms with van der Waals surface area (Å²) in [5.41, 5.74) is -0.544. The van der Waals surface area contributed by atoms with Crippen molar-refractivity contribution in [2.45, 2.75) is 14.7 Å². The number of aromatic nitrogens is 4. The third-order valence-corrected chi connectivity index (χ3v) is 13.1. The molecule has 1 aliphatic heterocycles. The van der Waals surface area contributed by atoms with E-state index in [1.165, 1.54) is 71.6 Å². The molecule has 2 aromatic heterocycles. The molecule has 7 rings (SSSR count). The van der Waals surface area contributed by atoms with E-state index in [0.717, 1.165) is 24.3 Å². The second kappa shape index (κ2) is 25.9. The molecule has 0 radical (unpaired) electrons. The first-order valence-corrected chi connectivity index (χ1v) is 24.2. The number of fused-ring (bicyclic) bond motifs is 1. The van der Waals surface area contributed by atoms with Crippen molar-refractivity contribution in [2.24, 2.45) is 10.2 Å². The molecule has 0 unspecified atom stereocenters. The first-order chi connectivity index (χ1) is 32.3. The summed E-state index contributed by atoms with van der Waals surface area (Å²) in [5, 5.41) is 50.9. The van der Waals surface area contributed by atoms with Crippen molar-refractivity contribution in [3.05, 3.63) is 102 Å². The Morgan fingerprint density at radius 3 is 2.21 bits per heavy atom. The van der Waals surface area contributed by atoms with Crippen LogP contribution in [0.2, 0.25) is 0 Å². The number of rotatable bonds is 18. The van der Waals surface area contributed by atoms with Gasteiger partial charge in [0.2, 0.25) is 10.4 Å². The summed E-state index contributed by atoms with van der Waals surface area (Å²) in [4.78, 5) is 38.4. The van der Waals surface area contributed by atoms with Crippen LogP contribution in [0.5, 0.6) is 5.75 Å². The van der Waals surface area contributed by atoms with E-state index in [4.69, 9.17) is 4.74 Å². The van der Waals surface area contributed by atoms with Crippen LogP contribution in [0.15, 0.2) is 116 Å². The van der Waals surface area contributed by atoms with Crippen LogP contribution in [0.1, 0.15) is 20.7 Å². The first-order valence-electron chi connectivity index (χ1n) is 19.1. The number of hydrogen-bond donors (Lipinski definition) is 3. The van der Waals surface area contributed by atoms with E-state index in [2.05, 4.69) is 49.4 Å². The first kappa shape index (κ1) is 59.7. The Kier molecular flexibility index (Phi) is 21.8. The number of amides is 1. The zero-order valence-corrected chi connectivity index (χ0v) is 46.4. The number of phenols is 1. The van der Waals surface area contributed by atoms with Gasteiger partial charge in [0.25, 0.3) is 5.91 Å². The summed E-state index contributed by atoms with van der Waals surface area (Å²) in [6.07, 6.45) is 2.62. The number of nitrogens with one attached hydrogen (secondary N) is 2. The Balaban J connectivity index is 0.00000365. The van der Waals surface area contributed by atoms with Crippen molar-refractivity contribution >= 4 is 99.7 Å². The molecule has 1 amide bonds. The van der Waals surface area contributed by atoms with Crippen LogP contribution in [0.25, 0.3) is 16.7 Å². The molecule has 0 aliphatic carbocycles. The molecule has 71 heavy (non-hydrogen) atoms. The molecule has 3 heterocycles. The Labute approximate surface area is 473 Å². The van der Waals surface area contributed by atoms with Gasteiger partial charge in [-0.05, 0) is 94.2 Å². The monoisotopic (exact) mass is 1080 g/mol. The Morgan fingerprint density at radius 2 is 1.58 bits per heavy atom. The zero-order chi connectivity index (χ0) is 48.8. The number of ether oxygens (including phenoxy) is 1. The number of aromatic carboxylic acids is 1. The molecule has 3 N–H and O–H groups in total. The van der Waals surface area contributed by atoms with Gasteiger partial charge in [0.05, 0.1) is 82.0 Å². The second-order valence-electron chi connectivity index (χ2n) is 13.9. The largest absolute Gasteiger partial charge is 1.00 e. The Hall–Kier alpha value is -3.84. The van der Waals surface area contributed by atoms with Gasteiger partial charge in [-0.3, -0.25) is 14.0 Å². The number of morpholine rings is 1. The van der Waals surface area contributed by atoms with Gasteiger partial charge in [-0.15, -0.1) is 10.1 Å². The van der Waals surface area contributed by atoms with Crippen molar-refractivity contribution in [3.63, 3.8) is 0 Å². The summed E-state index contributed by atoms with van der Waals surface area (Å²) in [7, 11) is -14.4. The predicted molar refractivity (Wildman–Crippen MR) is 226 cm³/mol. The summed E-state index contributed by atoms with van der Waals surface area (Å²) in [6.45, 7) is 0.428. The fourth-order valence-corrected chi connectivity index (χ4v) is 8.89. The van der Waals surface area contributed by atoms with Crippen molar-refractivity contribution in [1.82, 2.24) is 15.0 Å². The second-order valence-corrected chi connectivity index (χ2v) is 19.1. The van der Waals surface area contributed by atoms with Crippen LogP contribution in [0, 0.1) is 0 Å². The van der Waals surface area contributed by atoms with Gasteiger partial charge in [0, 0.05) is 35.3 Å². The number of carboxylic acids is 1. The molecule has 1 fully saturated rings. The van der Waals surface area contributed by atoms with E-state index >= 15 is 0 Å². The van der Waals surface area contributed by atoms with E-state index in [0.29, 0.717) is 26.3 Å². The molecule has 26 nitrogen and oxygen atoms in total. The number of carboxylic acid groups (broad SMARTS) is 1. The number of carbonyl (C=O) groups excluding carboxylic acids is 2. The van der Waals surface area contributed by atoms with Crippen LogP contribution >= 0.6 is 12.0 Å². The van der Waals surface area contributed by atoms with Crippen molar-refractivity contribution in [3.8, 4) is 11.7 Å². The Bertz CT molecular complexity index is 3290. The third kappa shape index (κ3) is 15.8. The number of pyridine rings is 1. The maximum absolute atomic E-state index is 13.0. The minimum Gasteiger partial charge on any atom is -0.744 e. The van der Waals surface area contributed by atoms with Crippen molar-refractivity contribution in [1.29, 1.82) is 0 Å². The van der Waals surface area contributed by atoms with Crippen LogP contribution in [-0.4, -0.2) is 105 Å². The molecule has 0 saturated carbocycles. The molecule has 4 aromatic carbocycles. The predicted octanol–water partition coefficient (Wildman–Crippen LogP) is -7.98. The number of benzene rings is 4. The molecule has 0 spiro atoms. The number of azo groups is 1. The van der Waals surface area contributed by atoms with Gasteiger partial charge in [-0.1, -0.05) is 0 Å². The summed E-state index contributed by atoms with van der Waals surface area (Å²) in [5.74, 6) is -3.90. The van der Waals surface area contributed by atoms with Gasteiger partial charge in [0.1, 0.15) is 15.8 Å². The van der Waals surface area contributed by atoms with Gasteiger partial charge in [0.15, 0.2) is 15.6 Å². The van der Waals surface area contributed by atoms with Crippen molar-refractivity contribution in [2.75, 3.05) is 54.2 Å². The minimum absolute atomic E-state index is 0. The molecule has 6 aromatic rings. The van der Waals surface area contributed by atoms with Crippen LogP contribution < -0.4 is 119 Å². The average molecular weight is 1080 g/mol. The van der Waals surface area contributed by atoms with Gasteiger partial charge in [-0.2, -0.15) is 9.45 Å². The van der Waals surface area contributed by atoms with Crippen molar-refractivity contribution < 1.29 is 171 Å². The fourth-order valence-electron chi connectivity index (χ4n) is 6.26. The summed E-state index contributed by atoms with van der Waals surface area (Å²) in [6, 6.07) is 16.2. The molecular formula is C38H30N9Na3O17S4. The van der Waals surface area contributed by atoms with E-state index in [-0.39, 0.29) is 167 Å². The smallest absolute Gasteiger partial charge is 0.744 e. The van der Waals surface area contributed by atoms with Gasteiger partial charge < -0.3 is 49.6 Å². The third-order valence-electron chi connectivity index (χ3n) is 9.44. The normalized spacial score (nSPS) is 12.9. The van der Waals surface area contributed by atoms with Gasteiger partial charge >= 0.3 is 107 Å². The standard InChI is InChI=1S/C38H33N9O17S4.3Na/c48-33-28-20-29(40-36-41-37(46-12-14-61-15-13-46)43-38(42-36)47-11-1-2-23(21-47)35(50)51)31(67(55,56)57)19-24(28)18-30(65-64-63-52)32(33)45-44-26-5-3-22(4-6-26)34(49)39-25-7-9-27(10-8-25)66(53,54)17-16-62-68(58,59)60;;;/h1-11,18-21H,12-17H2,(H6-,39,40,41,42,43,44,45,48,49,50,51,52,55,56,57,58,59,60);;;/q;3*+1/p-3. The Morgan fingerprint density at radius 1 is 0.887 bits per heavy atom. The molecule has 356 valence electrons. The topological polar surface area (TPSA) is 381 Å². The molecule has 1 aliphatic rings. The van der Waals surface area contributed by atoms with E-state index in [1.54, 1.807) is 4.90 Å². The quantitative estimate of drug-likeness (QED) is 0.0105.